The van der Waals surface area contributed by atoms with E-state index in [1.807, 2.05) is 60.1 Å². The number of ether oxygens (including phenoxy) is 2. The van der Waals surface area contributed by atoms with Gasteiger partial charge in [0.1, 0.15) is 12.1 Å². The van der Waals surface area contributed by atoms with Crippen molar-refractivity contribution in [2.75, 3.05) is 24.9 Å². The van der Waals surface area contributed by atoms with Crippen molar-refractivity contribution in [2.45, 2.75) is 102 Å². The van der Waals surface area contributed by atoms with Gasteiger partial charge in [0.05, 0.1) is 32.4 Å². The Morgan fingerprint density at radius 2 is 1.08 bits per heavy atom. The Balaban J connectivity index is 0.000000175. The van der Waals surface area contributed by atoms with E-state index in [4.69, 9.17) is 9.47 Å². The van der Waals surface area contributed by atoms with E-state index in [2.05, 4.69) is 54.3 Å². The third kappa shape index (κ3) is 9.99. The molecular weight excluding hydrogens is 860 g/mol. The van der Waals surface area contributed by atoms with Crippen molar-refractivity contribution >= 4 is 51.3 Å². The van der Waals surface area contributed by atoms with Crippen LogP contribution in [0.25, 0.3) is 11.3 Å². The van der Waals surface area contributed by atoms with Crippen molar-refractivity contribution in [1.82, 2.24) is 20.2 Å². The summed E-state index contributed by atoms with van der Waals surface area (Å²) in [6.45, 7) is 0. The highest BCUT2D eigenvalue weighted by Gasteiger charge is 2.29. The van der Waals surface area contributed by atoms with Crippen molar-refractivity contribution in [3.05, 3.63) is 133 Å². The van der Waals surface area contributed by atoms with Gasteiger partial charge in [-0.15, -0.1) is 0 Å². The maximum atomic E-state index is 13.1. The lowest BCUT2D eigenvalue weighted by Gasteiger charge is -2.20. The van der Waals surface area contributed by atoms with Crippen LogP contribution in [-0.4, -0.2) is 59.9 Å². The van der Waals surface area contributed by atoms with E-state index in [1.54, 1.807) is 12.5 Å². The minimum atomic E-state index is -0.795. The second-order valence-corrected chi connectivity index (χ2v) is 17.9. The number of methoxy groups -OCH3 is 2. The molecule has 2 atom stereocenters. The van der Waals surface area contributed by atoms with Gasteiger partial charge in [0, 0.05) is 41.3 Å². The van der Waals surface area contributed by atoms with E-state index >= 15 is 0 Å². The van der Waals surface area contributed by atoms with Gasteiger partial charge in [-0.1, -0.05) is 58.4 Å². The molecule has 4 N–H and O–H groups in total. The molecule has 0 bridgehead atoms. The Bertz CT molecular complexity index is 2490. The summed E-state index contributed by atoms with van der Waals surface area (Å²) in [4.78, 5) is 55.0. The Morgan fingerprint density at radius 1 is 0.635 bits per heavy atom. The largest absolute Gasteiger partial charge is 0.467 e. The van der Waals surface area contributed by atoms with E-state index in [-0.39, 0.29) is 12.1 Å². The standard InChI is InChI=1S/C27H30N4O3.C23H25BrN2O3/c1-31-16-28-15-24(31)20-9-3-6-17(12-20)13-23(26(32)34-2)29-27(33)30-25-21-10-4-7-18(21)14-19-8-5-11-22(19)25;1-29-22(27)20(12-14-5-2-8-17(24)11-14)25-23(28)26-21-18-9-3-6-15(18)13-16-7-4-10-19(16)21/h3,6,9,12,14-16,23H,4-5,7-8,10-11,13H2,1-2H3,(H2,29,30,33);2,5,8,11,13,20H,3-4,6-7,9-10,12H2,1H3,(H2,25,26,28). The van der Waals surface area contributed by atoms with Gasteiger partial charge in [0.25, 0.3) is 0 Å². The monoisotopic (exact) mass is 914 g/mol. The number of urea groups is 2. The first-order valence-electron chi connectivity index (χ1n) is 22.0. The average Bonchev–Trinajstić information content (AvgIpc) is 4.14. The van der Waals surface area contributed by atoms with Crippen LogP contribution in [0, 0.1) is 0 Å². The molecule has 0 spiro atoms. The number of imidazole rings is 1. The van der Waals surface area contributed by atoms with Crippen molar-refractivity contribution in [1.29, 1.82) is 0 Å². The zero-order chi connectivity index (χ0) is 44.0. The molecule has 1 heterocycles. The minimum Gasteiger partial charge on any atom is -0.467 e. The fraction of sp³-hybridized carbons (Fsp3) is 0.380. The summed E-state index contributed by atoms with van der Waals surface area (Å²) in [5.41, 5.74) is 16.3. The summed E-state index contributed by atoms with van der Waals surface area (Å²) < 4.78 is 12.8. The molecule has 13 heteroatoms. The number of carbonyl (C=O) groups excluding carboxylic acids is 4. The summed E-state index contributed by atoms with van der Waals surface area (Å²) in [6, 6.07) is 18.0. The van der Waals surface area contributed by atoms with Crippen molar-refractivity contribution in [2.24, 2.45) is 7.05 Å². The normalized spacial score (nSPS) is 15.1. The molecule has 5 aromatic rings. The fourth-order valence-electron chi connectivity index (χ4n) is 9.85. The predicted molar refractivity (Wildman–Crippen MR) is 247 cm³/mol. The maximum Gasteiger partial charge on any atom is 0.328 e. The molecule has 0 radical (unpaired) electrons. The number of nitrogens with zero attached hydrogens (tertiary/aromatic N) is 2. The van der Waals surface area contributed by atoms with E-state index in [9.17, 15) is 19.2 Å². The van der Waals surface area contributed by atoms with Gasteiger partial charge in [-0.25, -0.2) is 24.2 Å². The number of fused-ring (bicyclic) bond motifs is 4. The molecule has 1 aromatic heterocycles. The lowest BCUT2D eigenvalue weighted by atomic mass is 9.99. The number of carbonyl (C=O) groups is 4. The van der Waals surface area contributed by atoms with Crippen LogP contribution in [0.3, 0.4) is 0 Å². The summed E-state index contributed by atoms with van der Waals surface area (Å²) in [5, 5.41) is 11.9. The molecule has 4 aliphatic rings. The smallest absolute Gasteiger partial charge is 0.328 e. The van der Waals surface area contributed by atoms with E-state index in [0.717, 1.165) is 115 Å². The molecule has 0 fully saturated rings. The van der Waals surface area contributed by atoms with Crippen molar-refractivity contribution in [3.8, 4) is 11.3 Å². The molecule has 4 amide bonds. The molecule has 4 aliphatic carbocycles. The number of nitrogens with one attached hydrogen (secondary N) is 4. The number of hydrogen-bond donors (Lipinski definition) is 4. The Hall–Kier alpha value is -5.95. The zero-order valence-corrected chi connectivity index (χ0v) is 37.8. The van der Waals surface area contributed by atoms with Crippen LogP contribution < -0.4 is 21.3 Å². The number of aromatic nitrogens is 2. The van der Waals surface area contributed by atoms with Crippen LogP contribution in [0.1, 0.15) is 81.3 Å². The number of halogens is 1. The van der Waals surface area contributed by atoms with Crippen LogP contribution in [0.15, 0.2) is 77.7 Å². The van der Waals surface area contributed by atoms with Gasteiger partial charge in [0.15, 0.2) is 0 Å². The number of aryl methyl sites for hydroxylation is 5. The fourth-order valence-corrected chi connectivity index (χ4v) is 10.3. The van der Waals surface area contributed by atoms with Crippen LogP contribution >= 0.6 is 15.9 Å². The first-order chi connectivity index (χ1) is 30.6. The highest BCUT2D eigenvalue weighted by molar-refractivity contribution is 9.10. The van der Waals surface area contributed by atoms with Crippen LogP contribution in [0.4, 0.5) is 21.0 Å². The van der Waals surface area contributed by atoms with Crippen LogP contribution in [0.5, 0.6) is 0 Å². The van der Waals surface area contributed by atoms with Crippen molar-refractivity contribution in [3.63, 3.8) is 0 Å². The molecule has 0 saturated carbocycles. The molecule has 9 rings (SSSR count). The van der Waals surface area contributed by atoms with Gasteiger partial charge < -0.3 is 35.3 Å². The lowest BCUT2D eigenvalue weighted by molar-refractivity contribution is -0.143. The van der Waals surface area contributed by atoms with Gasteiger partial charge in [0.2, 0.25) is 0 Å². The molecule has 2 unspecified atom stereocenters. The topological polar surface area (TPSA) is 153 Å². The third-order valence-corrected chi connectivity index (χ3v) is 13.3. The summed E-state index contributed by atoms with van der Waals surface area (Å²) >= 11 is 3.44. The summed E-state index contributed by atoms with van der Waals surface area (Å²) in [6.07, 6.45) is 17.0. The number of esters is 2. The van der Waals surface area contributed by atoms with Crippen molar-refractivity contribution < 1.29 is 28.7 Å². The third-order valence-electron chi connectivity index (χ3n) is 12.8. The minimum absolute atomic E-state index is 0.330. The zero-order valence-electron chi connectivity index (χ0n) is 36.2. The molecule has 4 aromatic carbocycles. The van der Waals surface area contributed by atoms with Gasteiger partial charge in [-0.05, 0) is 151 Å². The van der Waals surface area contributed by atoms with Crippen LogP contribution in [-0.2, 0) is 90.3 Å². The SMILES string of the molecule is COC(=O)C(Cc1cccc(-c2cncn2C)c1)NC(=O)Nc1c2c(cc3c1CCC3)CCC2.COC(=O)C(Cc1cccc(Br)c1)NC(=O)Nc1c2c(cc3c1CCC3)CCC2. The number of hydrogen-bond acceptors (Lipinski definition) is 7. The first kappa shape index (κ1) is 43.7. The summed E-state index contributed by atoms with van der Waals surface area (Å²) in [7, 11) is 4.62. The molecule has 63 heavy (non-hydrogen) atoms. The van der Waals surface area contributed by atoms with Crippen LogP contribution in [0.2, 0.25) is 0 Å². The van der Waals surface area contributed by atoms with Gasteiger partial charge >= 0.3 is 24.0 Å². The van der Waals surface area contributed by atoms with E-state index in [1.165, 1.54) is 58.7 Å². The maximum absolute atomic E-state index is 13.1. The predicted octanol–water partition coefficient (Wildman–Crippen LogP) is 8.30. The highest BCUT2D eigenvalue weighted by Crippen LogP contribution is 2.40. The molecule has 328 valence electrons. The van der Waals surface area contributed by atoms with Gasteiger partial charge in [-0.3, -0.25) is 0 Å². The number of amides is 4. The summed E-state index contributed by atoms with van der Waals surface area (Å²) in [5.74, 6) is -0.923. The number of benzene rings is 4. The van der Waals surface area contributed by atoms with E-state index < -0.39 is 24.0 Å². The lowest BCUT2D eigenvalue weighted by Crippen LogP contribution is -2.45. The average molecular weight is 916 g/mol. The quantitative estimate of drug-likeness (QED) is 0.0974. The molecule has 0 saturated heterocycles. The second kappa shape index (κ2) is 19.6. The van der Waals surface area contributed by atoms with E-state index in [0.29, 0.717) is 12.8 Å². The Labute approximate surface area is 377 Å². The highest BCUT2D eigenvalue weighted by atomic mass is 79.9. The molecule has 12 nitrogen and oxygen atoms in total. The Kier molecular flexibility index (Phi) is 13.6. The molecular formula is C50H55BrN6O6. The number of anilines is 2. The Morgan fingerprint density at radius 3 is 1.49 bits per heavy atom. The molecule has 0 aliphatic heterocycles. The van der Waals surface area contributed by atoms with Gasteiger partial charge in [-0.2, -0.15) is 0 Å². The first-order valence-corrected chi connectivity index (χ1v) is 22.8. The number of rotatable bonds is 11. The second-order valence-electron chi connectivity index (χ2n) is 16.9.